The number of amides is 1. The van der Waals surface area contributed by atoms with E-state index in [-0.39, 0.29) is 29.1 Å². The summed E-state index contributed by atoms with van der Waals surface area (Å²) in [7, 11) is -0.273. The summed E-state index contributed by atoms with van der Waals surface area (Å²) in [4.78, 5) is 33.9. The van der Waals surface area contributed by atoms with Crippen LogP contribution in [0.2, 0.25) is 0 Å². The van der Waals surface area contributed by atoms with Crippen LogP contribution < -0.4 is 19.6 Å². The van der Waals surface area contributed by atoms with E-state index in [0.717, 1.165) is 35.8 Å². The summed E-state index contributed by atoms with van der Waals surface area (Å²) in [5, 5.41) is 0. The van der Waals surface area contributed by atoms with Gasteiger partial charge in [-0.25, -0.2) is 30.0 Å². The van der Waals surface area contributed by atoms with Crippen LogP contribution >= 0.6 is 0 Å². The van der Waals surface area contributed by atoms with Crippen LogP contribution in [0.4, 0.5) is 35.9 Å². The first-order valence-corrected chi connectivity index (χ1v) is 34.2. The van der Waals surface area contributed by atoms with E-state index in [2.05, 4.69) is 72.8 Å². The number of nitrogens with zero attached hydrogens (tertiary/aromatic N) is 11. The van der Waals surface area contributed by atoms with E-state index < -0.39 is 20.0 Å². The molecule has 5 aliphatic heterocycles. The highest BCUT2D eigenvalue weighted by Gasteiger charge is 2.30. The molecule has 9 rings (SSSR count). The third-order valence-electron chi connectivity index (χ3n) is 17.0. The average Bonchev–Trinajstić information content (AvgIpc) is 3.61. The summed E-state index contributed by atoms with van der Waals surface area (Å²) in [5.74, 6) is 1.04. The first kappa shape index (κ1) is 69.1. The Labute approximate surface area is 509 Å². The van der Waals surface area contributed by atoms with Gasteiger partial charge in [0, 0.05) is 116 Å². The number of halogens is 3. The molecule has 5 fully saturated rings. The van der Waals surface area contributed by atoms with Crippen LogP contribution in [0, 0.1) is 17.5 Å². The number of likely N-dealkylation sites (tertiary alicyclic amines) is 1. The molecule has 16 nitrogen and oxygen atoms in total. The number of carbonyl (C=O) groups is 1. The summed E-state index contributed by atoms with van der Waals surface area (Å²) in [6, 6.07) is 21.3. The van der Waals surface area contributed by atoms with Gasteiger partial charge in [0.05, 0.1) is 47.5 Å². The van der Waals surface area contributed by atoms with E-state index in [9.17, 15) is 34.8 Å². The Hall–Kier alpha value is -5.03. The zero-order valence-electron chi connectivity index (χ0n) is 53.3. The molecular weight excluding hydrogens is 1120 g/mol. The molecule has 21 heteroatoms. The molecule has 5 aliphatic rings. The first-order valence-electron chi connectivity index (χ1n) is 30.8. The van der Waals surface area contributed by atoms with Gasteiger partial charge in [-0.1, -0.05) is 73.6 Å². The van der Waals surface area contributed by atoms with Crippen LogP contribution in [0.15, 0.2) is 72.9 Å². The van der Waals surface area contributed by atoms with Gasteiger partial charge in [-0.2, -0.15) is 8.61 Å². The second-order valence-electron chi connectivity index (χ2n) is 24.8. The Kier molecular flexibility index (Phi) is 25.8. The highest BCUT2D eigenvalue weighted by Crippen LogP contribution is 2.29. The van der Waals surface area contributed by atoms with Gasteiger partial charge in [0.25, 0.3) is 0 Å². The Bertz CT molecular complexity index is 2950. The molecule has 5 saturated heterocycles. The molecule has 85 heavy (non-hydrogen) atoms. The molecule has 4 aromatic rings. The van der Waals surface area contributed by atoms with Gasteiger partial charge in [-0.15, -0.1) is 0 Å². The van der Waals surface area contributed by atoms with Crippen molar-refractivity contribution in [3.05, 3.63) is 113 Å². The number of carbonyl (C=O) groups excluding carboxylic acids is 1. The largest absolute Gasteiger partial charge is 0.368 e. The first-order chi connectivity index (χ1) is 40.1. The van der Waals surface area contributed by atoms with E-state index in [0.29, 0.717) is 126 Å². The van der Waals surface area contributed by atoms with Crippen LogP contribution in [-0.2, 0) is 24.8 Å². The number of hydrogen-bond donors (Lipinski definition) is 0. The lowest BCUT2D eigenvalue weighted by Crippen LogP contribution is -2.53. The van der Waals surface area contributed by atoms with E-state index in [1.807, 2.05) is 90.6 Å². The van der Waals surface area contributed by atoms with Gasteiger partial charge in [-0.05, 0) is 143 Å². The number of piperidine rings is 1. The molecule has 0 saturated carbocycles. The van der Waals surface area contributed by atoms with Gasteiger partial charge < -0.3 is 34.3 Å². The maximum atomic E-state index is 14.3. The Morgan fingerprint density at radius 3 is 1.28 bits per heavy atom. The number of sulfonamides is 2. The zero-order valence-corrected chi connectivity index (χ0v) is 54.9. The number of pyridine rings is 1. The lowest BCUT2D eigenvalue weighted by Gasteiger charge is -2.42. The fourth-order valence-electron chi connectivity index (χ4n) is 11.3. The highest BCUT2D eigenvalue weighted by atomic mass is 32.2. The van der Waals surface area contributed by atoms with E-state index in [4.69, 9.17) is 0 Å². The number of anilines is 4. The number of aromatic nitrogens is 1. The Balaban J connectivity index is 0.000000182. The average molecular weight is 1220 g/mol. The van der Waals surface area contributed by atoms with Gasteiger partial charge in [0.15, 0.2) is 0 Å². The molecule has 0 unspecified atom stereocenters. The van der Waals surface area contributed by atoms with Gasteiger partial charge in [0.2, 0.25) is 26.0 Å². The number of likely N-dealkylation sites (N-methyl/N-ethyl adjacent to an activating group) is 1. The van der Waals surface area contributed by atoms with Crippen LogP contribution in [0.25, 0.3) is 0 Å². The molecule has 0 bridgehead atoms. The van der Waals surface area contributed by atoms with Crippen molar-refractivity contribution in [2.75, 3.05) is 177 Å². The minimum atomic E-state index is -3.15. The maximum absolute atomic E-state index is 14.3. The smallest absolute Gasteiger partial charge is 0.236 e. The molecule has 0 atom stereocenters. The second kappa shape index (κ2) is 31.7. The predicted octanol–water partition coefficient (Wildman–Crippen LogP) is 9.03. The minimum absolute atomic E-state index is 0.116. The van der Waals surface area contributed by atoms with Crippen molar-refractivity contribution in [2.45, 2.75) is 105 Å². The third kappa shape index (κ3) is 20.0. The summed E-state index contributed by atoms with van der Waals surface area (Å²) in [6.45, 7) is 32.3. The number of piperazine rings is 4. The third-order valence-corrected chi connectivity index (χ3v) is 20.2. The molecule has 0 N–H and O–H groups in total. The number of benzene rings is 3. The van der Waals surface area contributed by atoms with E-state index in [1.54, 1.807) is 37.3 Å². The lowest BCUT2D eigenvalue weighted by molar-refractivity contribution is -0.132. The fourth-order valence-corrected chi connectivity index (χ4v) is 13.2. The highest BCUT2D eigenvalue weighted by molar-refractivity contribution is 7.89. The van der Waals surface area contributed by atoms with Crippen LogP contribution in [0.1, 0.15) is 121 Å². The van der Waals surface area contributed by atoms with E-state index in [1.165, 1.54) is 65.3 Å². The molecule has 1 amide bonds. The van der Waals surface area contributed by atoms with Crippen LogP contribution in [-0.4, -0.2) is 219 Å². The Morgan fingerprint density at radius 1 is 0.541 bits per heavy atom. The maximum Gasteiger partial charge on any atom is 0.236 e. The molecule has 0 spiro atoms. The fraction of sp³-hybridized carbons (Fsp3) is 0.625. The van der Waals surface area contributed by atoms with Crippen LogP contribution in [0.3, 0.4) is 0 Å². The molecule has 1 aromatic heterocycles. The van der Waals surface area contributed by atoms with Crippen molar-refractivity contribution in [3.8, 4) is 0 Å². The molecule has 0 radical (unpaired) electrons. The Morgan fingerprint density at radius 2 is 0.941 bits per heavy atom. The van der Waals surface area contributed by atoms with Gasteiger partial charge >= 0.3 is 0 Å². The standard InChI is InChI=1S/C18H30N4.C17H26FN3O.C15H23FN2O2S.C14H21FN2O2S/c1-15(2)18-5-4-17(14-19-18)22-12-10-21(11-13-22)16-6-8-20(3)9-7-16;1-13(2)14-5-6-16(15(18)11-14)20-7-9-21(10-8-20)17(22)12-19(3)4;1-4-21(19,20)18-9-7-17(8-10-18)15-6-5-13(12(2)3)11-14(15)16;1-11(2)12-4-5-14(13(15)10-12)16-6-8-17(9-7-16)20(3,18)19/h4-5,14-16H,6-13H2,1-3H3;5-6,11,13H,7-10,12H2,1-4H3;5-6,11-12H,4,7-10H2,1-3H3;4-5,10-11H,6-9H2,1-3H3. The van der Waals surface area contributed by atoms with Crippen molar-refractivity contribution >= 4 is 48.7 Å². The van der Waals surface area contributed by atoms with Crippen molar-refractivity contribution in [3.63, 3.8) is 0 Å². The van der Waals surface area contributed by atoms with Crippen molar-refractivity contribution in [1.82, 2.24) is 33.2 Å². The monoisotopic (exact) mass is 1220 g/mol. The quantitative estimate of drug-likeness (QED) is 0.119. The van der Waals surface area contributed by atoms with E-state index >= 15 is 0 Å². The SMILES string of the molecule is CC(C)c1ccc(N2CCN(C(=O)CN(C)C)CC2)c(F)c1.CC(C)c1ccc(N2CCN(C3CCN(C)CC3)CC2)cn1.CC(C)c1ccc(N2CCN(S(C)(=O)=O)CC2)c(F)c1.CCS(=O)(=O)N1CCN(c2ccc(C(C)C)cc2F)CC1. The summed E-state index contributed by atoms with van der Waals surface area (Å²) < 4.78 is 92.1. The van der Waals surface area contributed by atoms with Crippen molar-refractivity contribution in [1.29, 1.82) is 0 Å². The van der Waals surface area contributed by atoms with Crippen LogP contribution in [0.5, 0.6) is 0 Å². The number of rotatable bonds is 14. The minimum Gasteiger partial charge on any atom is -0.368 e. The molecule has 3 aromatic carbocycles. The van der Waals surface area contributed by atoms with Crippen molar-refractivity contribution in [2.24, 2.45) is 0 Å². The zero-order chi connectivity index (χ0) is 62.3. The van der Waals surface area contributed by atoms with Gasteiger partial charge in [0.1, 0.15) is 17.5 Å². The summed E-state index contributed by atoms with van der Waals surface area (Å²) in [5.41, 5.74) is 7.20. The lowest BCUT2D eigenvalue weighted by atomic mass is 10.0. The second-order valence-corrected chi connectivity index (χ2v) is 29.0. The molecule has 6 heterocycles. The summed E-state index contributed by atoms with van der Waals surface area (Å²) >= 11 is 0. The topological polar surface area (TPSA) is 131 Å². The normalized spacial score (nSPS) is 18.4. The molecule has 474 valence electrons. The summed E-state index contributed by atoms with van der Waals surface area (Å²) in [6.07, 6.45) is 5.93. The van der Waals surface area contributed by atoms with Gasteiger partial charge in [-0.3, -0.25) is 14.7 Å². The predicted molar refractivity (Wildman–Crippen MR) is 343 cm³/mol. The molecule has 0 aliphatic carbocycles. The molecular formula is C64H100F3N11O5S2. The number of hydrogen-bond acceptors (Lipinski definition) is 13. The van der Waals surface area contributed by atoms with Crippen molar-refractivity contribution < 1.29 is 34.8 Å².